The van der Waals surface area contributed by atoms with Crippen molar-refractivity contribution in [1.29, 1.82) is 0 Å². The smallest absolute Gasteiger partial charge is 0.0608 e. The molecular weight excluding hydrogens is 214 g/mol. The normalized spacial score (nSPS) is 27.0. The average molecular weight is 243 g/mol. The molecule has 3 N–H and O–H groups in total. The van der Waals surface area contributed by atoms with Gasteiger partial charge in [-0.3, -0.25) is 0 Å². The maximum Gasteiger partial charge on any atom is 0.0608 e. The van der Waals surface area contributed by atoms with E-state index in [0.717, 1.165) is 25.9 Å². The molecule has 0 aromatic rings. The van der Waals surface area contributed by atoms with Crippen LogP contribution in [-0.2, 0) is 0 Å². The van der Waals surface area contributed by atoms with E-state index < -0.39 is 5.54 Å². The van der Waals surface area contributed by atoms with Crippen LogP contribution in [0.15, 0.2) is 0 Å². The van der Waals surface area contributed by atoms with Gasteiger partial charge in [-0.15, -0.1) is 0 Å². The number of nitrogens with two attached hydrogens (primary N) is 1. The van der Waals surface area contributed by atoms with E-state index in [1.807, 2.05) is 6.92 Å². The Bertz CT molecular complexity index is 221. The second-order valence-corrected chi connectivity index (χ2v) is 5.76. The molecule has 1 rings (SSSR count). The highest BCUT2D eigenvalue weighted by Gasteiger charge is 2.23. The molecule has 1 heterocycles. The third-order valence-corrected chi connectivity index (χ3v) is 3.92. The van der Waals surface area contributed by atoms with Crippen LogP contribution in [0.2, 0.25) is 0 Å². The standard InChI is InChI=1S/C13H29N3O/c1-4-12-10-16(9-8-15(12)3)7-5-6-13(2,14)11-17/h12,17H,4-11,14H2,1-3H3. The molecule has 4 nitrogen and oxygen atoms in total. The van der Waals surface area contributed by atoms with Crippen molar-refractivity contribution in [1.82, 2.24) is 9.80 Å². The molecule has 17 heavy (non-hydrogen) atoms. The summed E-state index contributed by atoms with van der Waals surface area (Å²) < 4.78 is 0. The fraction of sp³-hybridized carbons (Fsp3) is 1.00. The van der Waals surface area contributed by atoms with Crippen molar-refractivity contribution in [2.75, 3.05) is 39.8 Å². The third-order valence-electron chi connectivity index (χ3n) is 3.92. The van der Waals surface area contributed by atoms with E-state index in [9.17, 15) is 0 Å². The zero-order chi connectivity index (χ0) is 12.9. The number of piperazine rings is 1. The Morgan fingerprint density at radius 3 is 2.71 bits per heavy atom. The van der Waals surface area contributed by atoms with Crippen LogP contribution in [0.3, 0.4) is 0 Å². The highest BCUT2D eigenvalue weighted by molar-refractivity contribution is 4.81. The molecule has 1 fully saturated rings. The SMILES string of the molecule is CCC1CN(CCCC(C)(N)CO)CCN1C. The van der Waals surface area contributed by atoms with Gasteiger partial charge in [-0.1, -0.05) is 6.92 Å². The Balaban J connectivity index is 2.24. The summed E-state index contributed by atoms with van der Waals surface area (Å²) in [6, 6.07) is 0.700. The molecule has 0 radical (unpaired) electrons. The largest absolute Gasteiger partial charge is 0.394 e. The quantitative estimate of drug-likeness (QED) is 0.713. The second kappa shape index (κ2) is 6.69. The zero-order valence-corrected chi connectivity index (χ0v) is 11.7. The first-order valence-corrected chi connectivity index (χ1v) is 6.81. The summed E-state index contributed by atoms with van der Waals surface area (Å²) in [6.45, 7) is 8.86. The first-order valence-electron chi connectivity index (χ1n) is 6.81. The summed E-state index contributed by atoms with van der Waals surface area (Å²) in [7, 11) is 2.22. The maximum absolute atomic E-state index is 9.10. The van der Waals surface area contributed by atoms with E-state index in [4.69, 9.17) is 10.8 Å². The molecule has 4 heteroatoms. The zero-order valence-electron chi connectivity index (χ0n) is 11.7. The van der Waals surface area contributed by atoms with Gasteiger partial charge in [0, 0.05) is 31.2 Å². The van der Waals surface area contributed by atoms with Crippen molar-refractivity contribution in [3.05, 3.63) is 0 Å². The van der Waals surface area contributed by atoms with E-state index in [2.05, 4.69) is 23.8 Å². The molecular formula is C13H29N3O. The average Bonchev–Trinajstić information content (AvgIpc) is 2.31. The molecule has 0 aromatic carbocycles. The summed E-state index contributed by atoms with van der Waals surface area (Å²) in [6.07, 6.45) is 3.19. The third kappa shape index (κ3) is 4.92. The Hall–Kier alpha value is -0.160. The first kappa shape index (κ1) is 14.9. The van der Waals surface area contributed by atoms with Crippen LogP contribution in [0.1, 0.15) is 33.1 Å². The van der Waals surface area contributed by atoms with Crippen LogP contribution in [0.4, 0.5) is 0 Å². The number of nitrogens with zero attached hydrogens (tertiary/aromatic N) is 2. The monoisotopic (exact) mass is 243 g/mol. The van der Waals surface area contributed by atoms with E-state index in [1.165, 1.54) is 19.5 Å². The lowest BCUT2D eigenvalue weighted by Crippen LogP contribution is -2.51. The summed E-state index contributed by atoms with van der Waals surface area (Å²) in [5, 5.41) is 9.10. The van der Waals surface area contributed by atoms with Crippen LogP contribution >= 0.6 is 0 Å². The van der Waals surface area contributed by atoms with Gasteiger partial charge < -0.3 is 20.6 Å². The lowest BCUT2D eigenvalue weighted by atomic mass is 9.98. The van der Waals surface area contributed by atoms with Gasteiger partial charge in [0.15, 0.2) is 0 Å². The van der Waals surface area contributed by atoms with Crippen molar-refractivity contribution >= 4 is 0 Å². The molecule has 102 valence electrons. The summed E-state index contributed by atoms with van der Waals surface area (Å²) in [5.41, 5.74) is 5.52. The number of hydrogen-bond donors (Lipinski definition) is 2. The molecule has 0 saturated carbocycles. The molecule has 1 aliphatic rings. The van der Waals surface area contributed by atoms with E-state index in [0.29, 0.717) is 6.04 Å². The predicted molar refractivity (Wildman–Crippen MR) is 72.1 cm³/mol. The first-order chi connectivity index (χ1) is 7.98. The Kier molecular flexibility index (Phi) is 5.86. The maximum atomic E-state index is 9.10. The fourth-order valence-corrected chi connectivity index (χ4v) is 2.44. The van der Waals surface area contributed by atoms with Crippen LogP contribution in [0.5, 0.6) is 0 Å². The Morgan fingerprint density at radius 1 is 1.41 bits per heavy atom. The minimum absolute atomic E-state index is 0.0767. The number of aliphatic hydroxyl groups is 1. The molecule has 0 bridgehead atoms. The van der Waals surface area contributed by atoms with Gasteiger partial charge in [0.1, 0.15) is 0 Å². The molecule has 2 atom stereocenters. The van der Waals surface area contributed by atoms with Gasteiger partial charge in [0.2, 0.25) is 0 Å². The lowest BCUT2D eigenvalue weighted by molar-refractivity contribution is 0.0892. The van der Waals surface area contributed by atoms with Gasteiger partial charge >= 0.3 is 0 Å². The molecule has 0 spiro atoms. The molecule has 0 amide bonds. The number of rotatable bonds is 6. The number of aliphatic hydroxyl groups excluding tert-OH is 1. The Labute approximate surface area is 106 Å². The Morgan fingerprint density at radius 2 is 2.12 bits per heavy atom. The molecule has 1 aliphatic heterocycles. The summed E-state index contributed by atoms with van der Waals surface area (Å²) in [5.74, 6) is 0. The van der Waals surface area contributed by atoms with Crippen LogP contribution in [-0.4, -0.2) is 66.3 Å². The van der Waals surface area contributed by atoms with Crippen molar-refractivity contribution in [3.63, 3.8) is 0 Å². The van der Waals surface area contributed by atoms with Crippen molar-refractivity contribution in [2.45, 2.75) is 44.7 Å². The number of likely N-dealkylation sites (N-methyl/N-ethyl adjacent to an activating group) is 1. The highest BCUT2D eigenvalue weighted by atomic mass is 16.3. The van der Waals surface area contributed by atoms with Gasteiger partial charge in [-0.2, -0.15) is 0 Å². The fourth-order valence-electron chi connectivity index (χ4n) is 2.44. The molecule has 0 aromatic heterocycles. The highest BCUT2D eigenvalue weighted by Crippen LogP contribution is 2.13. The molecule has 2 unspecified atom stereocenters. The van der Waals surface area contributed by atoms with Gasteiger partial charge in [0.05, 0.1) is 6.61 Å². The van der Waals surface area contributed by atoms with Gasteiger partial charge in [-0.05, 0) is 39.8 Å². The van der Waals surface area contributed by atoms with Crippen molar-refractivity contribution in [2.24, 2.45) is 5.73 Å². The second-order valence-electron chi connectivity index (χ2n) is 5.76. The van der Waals surface area contributed by atoms with Crippen LogP contribution in [0, 0.1) is 0 Å². The van der Waals surface area contributed by atoms with E-state index >= 15 is 0 Å². The topological polar surface area (TPSA) is 52.7 Å². The lowest BCUT2D eigenvalue weighted by Gasteiger charge is -2.39. The minimum atomic E-state index is -0.406. The number of hydrogen-bond acceptors (Lipinski definition) is 4. The predicted octanol–water partition coefficient (Wildman–Crippen LogP) is 0.502. The minimum Gasteiger partial charge on any atom is -0.394 e. The van der Waals surface area contributed by atoms with Crippen LogP contribution in [0.25, 0.3) is 0 Å². The molecule has 1 saturated heterocycles. The van der Waals surface area contributed by atoms with Crippen molar-refractivity contribution < 1.29 is 5.11 Å². The summed E-state index contributed by atoms with van der Waals surface area (Å²) in [4.78, 5) is 4.99. The van der Waals surface area contributed by atoms with E-state index in [1.54, 1.807) is 0 Å². The van der Waals surface area contributed by atoms with E-state index in [-0.39, 0.29) is 6.61 Å². The van der Waals surface area contributed by atoms with Crippen molar-refractivity contribution in [3.8, 4) is 0 Å². The molecule has 0 aliphatic carbocycles. The van der Waals surface area contributed by atoms with Crippen LogP contribution < -0.4 is 5.73 Å². The van der Waals surface area contributed by atoms with Gasteiger partial charge in [0.25, 0.3) is 0 Å². The van der Waals surface area contributed by atoms with Gasteiger partial charge in [-0.25, -0.2) is 0 Å². The summed E-state index contributed by atoms with van der Waals surface area (Å²) >= 11 is 0.